The van der Waals surface area contributed by atoms with Crippen LogP contribution < -0.4 is 9.47 Å². The van der Waals surface area contributed by atoms with Gasteiger partial charge in [0.05, 0.1) is 34.7 Å². The van der Waals surface area contributed by atoms with Gasteiger partial charge in [-0.25, -0.2) is 9.59 Å². The fraction of sp³-hybridized carbons (Fsp3) is 0.238. The van der Waals surface area contributed by atoms with Crippen LogP contribution in [0.4, 0.5) is 11.4 Å². The first-order chi connectivity index (χ1) is 15.2. The summed E-state index contributed by atoms with van der Waals surface area (Å²) in [5, 5.41) is 21.8. The van der Waals surface area contributed by atoms with Crippen LogP contribution in [0.2, 0.25) is 0 Å². The molecule has 0 radical (unpaired) electrons. The van der Waals surface area contributed by atoms with Crippen LogP contribution in [0.15, 0.2) is 54.6 Å². The molecule has 0 aliphatic carbocycles. The zero-order valence-electron chi connectivity index (χ0n) is 17.1. The van der Waals surface area contributed by atoms with E-state index in [1.54, 1.807) is 31.2 Å². The number of rotatable bonds is 11. The van der Waals surface area contributed by atoms with Crippen molar-refractivity contribution in [3.05, 3.63) is 80.4 Å². The second-order valence-corrected chi connectivity index (χ2v) is 6.59. The van der Waals surface area contributed by atoms with Gasteiger partial charge >= 0.3 is 11.9 Å². The molecule has 0 aliphatic rings. The molecule has 32 heavy (non-hydrogen) atoms. The summed E-state index contributed by atoms with van der Waals surface area (Å²) in [5.74, 6) is -0.495. The number of nitrogens with zero attached hydrogens (tertiary/aromatic N) is 2. The quantitative estimate of drug-likeness (QED) is 0.125. The molecule has 168 valence electrons. The van der Waals surface area contributed by atoms with E-state index in [1.165, 1.54) is 0 Å². The van der Waals surface area contributed by atoms with Gasteiger partial charge in [-0.15, -0.1) is 0 Å². The Morgan fingerprint density at radius 1 is 0.906 bits per heavy atom. The zero-order chi connectivity index (χ0) is 23.7. The largest absolute Gasteiger partial charge is 0.494 e. The van der Waals surface area contributed by atoms with Crippen LogP contribution in [0, 0.1) is 20.2 Å². The van der Waals surface area contributed by atoms with Crippen molar-refractivity contribution in [1.82, 2.24) is 0 Å². The number of ether oxygens (including phenoxy) is 3. The van der Waals surface area contributed by atoms with Crippen molar-refractivity contribution in [2.45, 2.75) is 19.8 Å². The number of nitro benzene ring substituents is 2. The molecule has 0 spiro atoms. The normalized spacial score (nSPS) is 10.2. The van der Waals surface area contributed by atoms with E-state index in [-0.39, 0.29) is 17.7 Å². The van der Waals surface area contributed by atoms with Gasteiger partial charge in [0, 0.05) is 17.7 Å². The Morgan fingerprint density at radius 3 is 1.97 bits per heavy atom. The molecule has 0 saturated heterocycles. The average molecular weight is 444 g/mol. The Bertz CT molecular complexity index is 1000. The van der Waals surface area contributed by atoms with Gasteiger partial charge in [0.15, 0.2) is 0 Å². The standard InChI is InChI=1S/C21H20N2O9/c1-14(2)20(24)32-19-7-5-18(6-8-19)30-9-3-4-10-31-21(25)15-11-16(22(26)27)13-17(12-15)23(28)29/h5-8,11-13H,1,3-4,9-10H2,2H3. The summed E-state index contributed by atoms with van der Waals surface area (Å²) in [5.41, 5.74) is -1.12. The molecule has 0 unspecified atom stereocenters. The minimum Gasteiger partial charge on any atom is -0.494 e. The van der Waals surface area contributed by atoms with Gasteiger partial charge in [-0.2, -0.15) is 0 Å². The van der Waals surface area contributed by atoms with Crippen LogP contribution >= 0.6 is 0 Å². The fourth-order valence-corrected chi connectivity index (χ4v) is 2.36. The van der Waals surface area contributed by atoms with Crippen LogP contribution in [-0.4, -0.2) is 35.0 Å². The molecule has 2 aromatic rings. The summed E-state index contributed by atoms with van der Waals surface area (Å²) in [6.45, 7) is 5.38. The number of carbonyl (C=O) groups excluding carboxylic acids is 2. The first kappa shape index (κ1) is 24.0. The van der Waals surface area contributed by atoms with Gasteiger partial charge in [-0.3, -0.25) is 20.2 Å². The lowest BCUT2D eigenvalue weighted by molar-refractivity contribution is -0.394. The summed E-state index contributed by atoms with van der Waals surface area (Å²) < 4.78 is 15.6. The highest BCUT2D eigenvalue weighted by molar-refractivity contribution is 5.91. The van der Waals surface area contributed by atoms with Gasteiger partial charge in [-0.1, -0.05) is 6.58 Å². The Hall–Kier alpha value is -4.28. The monoisotopic (exact) mass is 444 g/mol. The number of esters is 2. The summed E-state index contributed by atoms with van der Waals surface area (Å²) >= 11 is 0. The van der Waals surface area contributed by atoms with Crippen LogP contribution in [0.25, 0.3) is 0 Å². The van der Waals surface area contributed by atoms with E-state index in [0.717, 1.165) is 18.2 Å². The number of nitro groups is 2. The molecule has 0 fully saturated rings. The third-order valence-corrected chi connectivity index (χ3v) is 3.98. The summed E-state index contributed by atoms with van der Waals surface area (Å²) in [6.07, 6.45) is 0.978. The van der Waals surface area contributed by atoms with E-state index < -0.39 is 33.2 Å². The predicted octanol–water partition coefficient (Wildman–Crippen LogP) is 4.00. The van der Waals surface area contributed by atoms with Gasteiger partial charge in [-0.05, 0) is 44.0 Å². The second kappa shape index (κ2) is 11.2. The fourth-order valence-electron chi connectivity index (χ4n) is 2.36. The average Bonchev–Trinajstić information content (AvgIpc) is 2.76. The van der Waals surface area contributed by atoms with Crippen LogP contribution in [-0.2, 0) is 9.53 Å². The Morgan fingerprint density at radius 2 is 1.44 bits per heavy atom. The van der Waals surface area contributed by atoms with Crippen molar-refractivity contribution in [3.63, 3.8) is 0 Å². The van der Waals surface area contributed by atoms with E-state index in [4.69, 9.17) is 14.2 Å². The molecule has 0 heterocycles. The molecule has 0 atom stereocenters. The minimum atomic E-state index is -0.891. The number of hydrogen-bond acceptors (Lipinski definition) is 9. The number of carbonyl (C=O) groups is 2. The van der Waals surface area contributed by atoms with Crippen LogP contribution in [0.1, 0.15) is 30.1 Å². The maximum Gasteiger partial charge on any atom is 0.338 e. The second-order valence-electron chi connectivity index (χ2n) is 6.59. The summed E-state index contributed by atoms with van der Waals surface area (Å²) in [7, 11) is 0. The highest BCUT2D eigenvalue weighted by Crippen LogP contribution is 2.23. The molecule has 0 aliphatic heterocycles. The lowest BCUT2D eigenvalue weighted by Crippen LogP contribution is -2.09. The van der Waals surface area contributed by atoms with Gasteiger partial charge in [0.25, 0.3) is 11.4 Å². The van der Waals surface area contributed by atoms with Crippen molar-refractivity contribution in [2.24, 2.45) is 0 Å². The van der Waals surface area contributed by atoms with Crippen molar-refractivity contribution in [1.29, 1.82) is 0 Å². The predicted molar refractivity (Wildman–Crippen MR) is 112 cm³/mol. The lowest BCUT2D eigenvalue weighted by atomic mass is 10.2. The Labute approximate surface area is 182 Å². The minimum absolute atomic E-state index is 0.00841. The molecule has 0 saturated carbocycles. The summed E-state index contributed by atoms with van der Waals surface area (Å²) in [6, 6.07) is 9.05. The smallest absolute Gasteiger partial charge is 0.338 e. The van der Waals surface area contributed by atoms with E-state index in [9.17, 15) is 29.8 Å². The molecule has 0 bridgehead atoms. The van der Waals surface area contributed by atoms with Crippen molar-refractivity contribution in [3.8, 4) is 11.5 Å². The molecule has 0 amide bonds. The maximum absolute atomic E-state index is 12.1. The van der Waals surface area contributed by atoms with Crippen LogP contribution in [0.3, 0.4) is 0 Å². The highest BCUT2D eigenvalue weighted by atomic mass is 16.6. The Balaban J connectivity index is 1.76. The molecular formula is C21H20N2O9. The van der Waals surface area contributed by atoms with Crippen molar-refractivity contribution >= 4 is 23.3 Å². The summed E-state index contributed by atoms with van der Waals surface area (Å²) in [4.78, 5) is 43.6. The number of benzene rings is 2. The van der Waals surface area contributed by atoms with Crippen molar-refractivity contribution < 1.29 is 33.6 Å². The van der Waals surface area contributed by atoms with Crippen LogP contribution in [0.5, 0.6) is 11.5 Å². The molecule has 0 N–H and O–H groups in total. The first-order valence-corrected chi connectivity index (χ1v) is 9.39. The molecule has 11 heteroatoms. The van der Waals surface area contributed by atoms with E-state index in [0.29, 0.717) is 30.9 Å². The van der Waals surface area contributed by atoms with Crippen molar-refractivity contribution in [2.75, 3.05) is 13.2 Å². The van der Waals surface area contributed by atoms with Gasteiger partial charge < -0.3 is 14.2 Å². The third kappa shape index (κ3) is 7.20. The maximum atomic E-state index is 12.1. The number of hydrogen-bond donors (Lipinski definition) is 0. The number of unbranched alkanes of at least 4 members (excludes halogenated alkanes) is 1. The first-order valence-electron chi connectivity index (χ1n) is 9.39. The van der Waals surface area contributed by atoms with E-state index in [2.05, 4.69) is 6.58 Å². The highest BCUT2D eigenvalue weighted by Gasteiger charge is 2.20. The van der Waals surface area contributed by atoms with Gasteiger partial charge in [0.1, 0.15) is 11.5 Å². The molecular weight excluding hydrogens is 424 g/mol. The lowest BCUT2D eigenvalue weighted by Gasteiger charge is -2.08. The topological polar surface area (TPSA) is 148 Å². The molecule has 2 rings (SSSR count). The Kier molecular flexibility index (Phi) is 8.40. The molecule has 11 nitrogen and oxygen atoms in total. The van der Waals surface area contributed by atoms with E-state index >= 15 is 0 Å². The molecule has 0 aromatic heterocycles. The zero-order valence-corrected chi connectivity index (χ0v) is 17.1. The molecule has 2 aromatic carbocycles. The van der Waals surface area contributed by atoms with E-state index in [1.807, 2.05) is 0 Å². The number of non-ortho nitro benzene ring substituents is 2. The van der Waals surface area contributed by atoms with Gasteiger partial charge in [0.2, 0.25) is 0 Å². The third-order valence-electron chi connectivity index (χ3n) is 3.98. The SMILES string of the molecule is C=C(C)C(=O)Oc1ccc(OCCCCOC(=O)c2cc([N+](=O)[O-])cc([N+](=O)[O-])c2)cc1.